The maximum atomic E-state index is 14.2. The fourth-order valence-corrected chi connectivity index (χ4v) is 5.39. The van der Waals surface area contributed by atoms with E-state index >= 15 is 0 Å². The van der Waals surface area contributed by atoms with Crippen LogP contribution >= 0.6 is 35.1 Å². The lowest BCUT2D eigenvalue weighted by atomic mass is 9.89. The number of rotatable bonds is 3. The van der Waals surface area contributed by atoms with Gasteiger partial charge in [-0.05, 0) is 65.2 Å². The Hall–Kier alpha value is -1.97. The second-order valence-corrected chi connectivity index (χ2v) is 9.22. The van der Waals surface area contributed by atoms with Gasteiger partial charge in [-0.15, -0.1) is 0 Å². The second-order valence-electron chi connectivity index (χ2n) is 7.34. The minimum Gasteiger partial charge on any atom is -0.465 e. The van der Waals surface area contributed by atoms with E-state index in [2.05, 4.69) is 9.71 Å². The molecule has 1 aliphatic carbocycles. The van der Waals surface area contributed by atoms with Crippen molar-refractivity contribution in [3.63, 3.8) is 0 Å². The molecular formula is C20H14Cl2F4N2O2S. The molecule has 0 bridgehead atoms. The Balaban J connectivity index is 1.67. The zero-order chi connectivity index (χ0) is 22.6. The highest BCUT2D eigenvalue weighted by Crippen LogP contribution is 2.57. The van der Waals surface area contributed by atoms with Crippen LogP contribution in [0.1, 0.15) is 41.1 Å². The van der Waals surface area contributed by atoms with Crippen molar-refractivity contribution in [1.82, 2.24) is 5.32 Å². The van der Waals surface area contributed by atoms with Gasteiger partial charge in [-0.1, -0.05) is 35.3 Å². The number of aryl methyl sites for hydroxylation is 1. The zero-order valence-electron chi connectivity index (χ0n) is 15.6. The summed E-state index contributed by atoms with van der Waals surface area (Å²) in [6, 6.07) is 6.62. The molecule has 0 aromatic heterocycles. The van der Waals surface area contributed by atoms with E-state index < -0.39 is 39.3 Å². The molecule has 4 nitrogen and oxygen atoms in total. The molecule has 2 N–H and O–H groups in total. The van der Waals surface area contributed by atoms with Crippen LogP contribution in [0, 0.1) is 5.82 Å². The first-order valence-corrected chi connectivity index (χ1v) is 10.6. The topological polar surface area (TPSA) is 61.7 Å². The van der Waals surface area contributed by atoms with Crippen molar-refractivity contribution in [1.29, 1.82) is 0 Å². The molecule has 0 spiro atoms. The first-order chi connectivity index (χ1) is 14.5. The number of hydrogen-bond acceptors (Lipinski definition) is 3. The lowest BCUT2D eigenvalue weighted by molar-refractivity contribution is -0.159. The summed E-state index contributed by atoms with van der Waals surface area (Å²) in [4.78, 5) is 10.9. The third-order valence-electron chi connectivity index (χ3n) is 5.49. The molecule has 4 rings (SSSR count). The number of fused-ring (bicyclic) bond motifs is 1. The smallest absolute Gasteiger partial charge is 0.409 e. The highest BCUT2D eigenvalue weighted by molar-refractivity contribution is 7.99. The Labute approximate surface area is 188 Å². The van der Waals surface area contributed by atoms with E-state index in [9.17, 15) is 22.4 Å². The molecule has 2 atom stereocenters. The summed E-state index contributed by atoms with van der Waals surface area (Å²) in [5, 5.41) is 10.4. The van der Waals surface area contributed by atoms with Crippen LogP contribution in [0.5, 0.6) is 0 Å². The predicted octanol–water partition coefficient (Wildman–Crippen LogP) is 6.69. The number of benzene rings is 2. The van der Waals surface area contributed by atoms with Crippen LogP contribution in [0.15, 0.2) is 34.7 Å². The van der Waals surface area contributed by atoms with Crippen molar-refractivity contribution >= 4 is 47.0 Å². The van der Waals surface area contributed by atoms with Gasteiger partial charge in [0, 0.05) is 6.42 Å². The van der Waals surface area contributed by atoms with E-state index in [4.69, 9.17) is 28.3 Å². The number of nitrogens with one attached hydrogen (secondary N) is 1. The van der Waals surface area contributed by atoms with E-state index in [1.54, 1.807) is 18.2 Å². The molecule has 2 aromatic rings. The van der Waals surface area contributed by atoms with E-state index in [0.29, 0.717) is 30.4 Å². The quantitative estimate of drug-likeness (QED) is 0.285. The van der Waals surface area contributed by atoms with E-state index in [1.807, 2.05) is 0 Å². The third-order valence-corrected chi connectivity index (χ3v) is 7.27. The Morgan fingerprint density at radius 1 is 1.23 bits per heavy atom. The van der Waals surface area contributed by atoms with Crippen molar-refractivity contribution in [2.75, 3.05) is 0 Å². The van der Waals surface area contributed by atoms with Crippen LogP contribution in [-0.2, 0) is 11.2 Å². The van der Waals surface area contributed by atoms with E-state index in [1.165, 1.54) is 0 Å². The summed E-state index contributed by atoms with van der Waals surface area (Å²) < 4.78 is 58.1. The van der Waals surface area contributed by atoms with E-state index in [0.717, 1.165) is 23.3 Å². The summed E-state index contributed by atoms with van der Waals surface area (Å²) in [6.07, 6.45) is -5.14. The molecular weight excluding hydrogens is 479 g/mol. The average molecular weight is 493 g/mol. The molecule has 0 saturated heterocycles. The first kappa shape index (κ1) is 22.2. The molecule has 164 valence electrons. The number of hydrogen-bond donors (Lipinski definition) is 2. The highest BCUT2D eigenvalue weighted by atomic mass is 35.5. The van der Waals surface area contributed by atoms with Gasteiger partial charge in [-0.2, -0.15) is 13.2 Å². The molecule has 1 aliphatic heterocycles. The first-order valence-electron chi connectivity index (χ1n) is 9.11. The summed E-state index contributed by atoms with van der Waals surface area (Å²) >= 11 is 11.9. The van der Waals surface area contributed by atoms with Gasteiger partial charge < -0.3 is 10.4 Å². The van der Waals surface area contributed by atoms with Gasteiger partial charge in [-0.3, -0.25) is 0 Å². The zero-order valence-corrected chi connectivity index (χ0v) is 17.9. The maximum Gasteiger partial charge on any atom is 0.409 e. The lowest BCUT2D eigenvalue weighted by Crippen LogP contribution is -2.38. The second kappa shape index (κ2) is 7.86. The van der Waals surface area contributed by atoms with Crippen molar-refractivity contribution in [3.05, 3.63) is 68.4 Å². The van der Waals surface area contributed by atoms with Crippen molar-refractivity contribution in [3.8, 4) is 0 Å². The van der Waals surface area contributed by atoms with Crippen LogP contribution in [0.3, 0.4) is 0 Å². The van der Waals surface area contributed by atoms with Crippen LogP contribution in [-0.4, -0.2) is 23.1 Å². The normalized spacial score (nSPS) is 22.9. The van der Waals surface area contributed by atoms with Gasteiger partial charge in [0.05, 0.1) is 21.8 Å². The Bertz CT molecular complexity index is 1090. The SMILES string of the molecule is O=C(O)NC1CCc2cc(C3=NSC(c4cc(Cl)c(F)c(Cl)c4)(C(F)(F)F)C3)ccc21. The van der Waals surface area contributed by atoms with Crippen LogP contribution in [0.2, 0.25) is 10.0 Å². The molecule has 0 radical (unpaired) electrons. The third kappa shape index (κ3) is 3.87. The van der Waals surface area contributed by atoms with Gasteiger partial charge in [0.1, 0.15) is 0 Å². The predicted molar refractivity (Wildman–Crippen MR) is 112 cm³/mol. The summed E-state index contributed by atoms with van der Waals surface area (Å²) in [5.74, 6) is -0.975. The maximum absolute atomic E-state index is 14.2. The van der Waals surface area contributed by atoms with Crippen LogP contribution in [0.4, 0.5) is 22.4 Å². The lowest BCUT2D eigenvalue weighted by Gasteiger charge is -2.30. The Morgan fingerprint density at radius 2 is 1.90 bits per heavy atom. The Kier molecular flexibility index (Phi) is 5.64. The van der Waals surface area contributed by atoms with Crippen molar-refractivity contribution < 1.29 is 27.5 Å². The number of carbonyl (C=O) groups is 1. The summed E-state index contributed by atoms with van der Waals surface area (Å²) in [5.41, 5.74) is 2.15. The number of carboxylic acid groups (broad SMARTS) is 1. The fraction of sp³-hybridized carbons (Fsp3) is 0.300. The number of alkyl halides is 3. The van der Waals surface area contributed by atoms with Crippen LogP contribution < -0.4 is 5.32 Å². The molecule has 2 aliphatic rings. The van der Waals surface area contributed by atoms with Crippen molar-refractivity contribution in [2.24, 2.45) is 4.40 Å². The van der Waals surface area contributed by atoms with Gasteiger partial charge >= 0.3 is 12.3 Å². The molecule has 0 fully saturated rings. The number of halogens is 6. The largest absolute Gasteiger partial charge is 0.465 e. The number of amides is 1. The molecule has 2 aromatic carbocycles. The molecule has 1 amide bonds. The fourth-order valence-electron chi connectivity index (χ4n) is 3.94. The van der Waals surface area contributed by atoms with E-state index in [-0.39, 0.29) is 17.3 Å². The molecule has 2 unspecified atom stereocenters. The summed E-state index contributed by atoms with van der Waals surface area (Å²) in [6.45, 7) is 0. The molecule has 31 heavy (non-hydrogen) atoms. The summed E-state index contributed by atoms with van der Waals surface area (Å²) in [7, 11) is 0. The van der Waals surface area contributed by atoms with Gasteiger partial charge in [0.25, 0.3) is 0 Å². The molecule has 1 heterocycles. The molecule has 0 saturated carbocycles. The number of nitrogens with zero attached hydrogens (tertiary/aromatic N) is 1. The van der Waals surface area contributed by atoms with Crippen LogP contribution in [0.25, 0.3) is 0 Å². The van der Waals surface area contributed by atoms with Gasteiger partial charge in [-0.25, -0.2) is 13.6 Å². The van der Waals surface area contributed by atoms with Gasteiger partial charge in [0.15, 0.2) is 10.6 Å². The minimum absolute atomic E-state index is 0.233. The highest BCUT2D eigenvalue weighted by Gasteiger charge is 2.60. The minimum atomic E-state index is -4.71. The molecule has 11 heteroatoms. The van der Waals surface area contributed by atoms with Crippen molar-refractivity contribution in [2.45, 2.75) is 36.2 Å². The van der Waals surface area contributed by atoms with Gasteiger partial charge in [0.2, 0.25) is 0 Å². The standard InChI is InChI=1S/C20H14Cl2F4N2O2S/c21-13-6-11(7-14(22)17(13)23)19(20(24,25)26)8-16(28-31-19)10-1-3-12-9(5-10)2-4-15(12)27-18(29)30/h1,3,5-7,15,27H,2,4,8H2,(H,29,30). The Morgan fingerprint density at radius 3 is 2.52 bits per heavy atom. The monoisotopic (exact) mass is 492 g/mol. The average Bonchev–Trinajstić information content (AvgIpc) is 3.30.